The fourth-order valence-corrected chi connectivity index (χ4v) is 2.81. The van der Waals surface area contributed by atoms with Crippen molar-refractivity contribution in [2.45, 2.75) is 25.4 Å². The molecule has 1 heterocycles. The standard InChI is InChI=1S/C14H21ClN2O/c1-2-13-10-18-7-6-17(13)14(9-16)11-4-3-5-12(15)8-11/h3-5,8,13-14H,2,6-7,9-10,16H2,1H3. The molecule has 0 saturated carbocycles. The molecule has 0 aliphatic carbocycles. The minimum atomic E-state index is 0.234. The van der Waals surface area contributed by atoms with Gasteiger partial charge in [-0.3, -0.25) is 4.90 Å². The summed E-state index contributed by atoms with van der Waals surface area (Å²) < 4.78 is 5.55. The minimum absolute atomic E-state index is 0.234. The third-order valence-corrected chi connectivity index (χ3v) is 3.84. The molecule has 1 aliphatic rings. The van der Waals surface area contributed by atoms with Crippen LogP contribution in [0.15, 0.2) is 24.3 Å². The second-order valence-corrected chi connectivity index (χ2v) is 5.12. The molecule has 2 unspecified atom stereocenters. The van der Waals surface area contributed by atoms with Crippen molar-refractivity contribution in [1.82, 2.24) is 4.90 Å². The summed E-state index contributed by atoms with van der Waals surface area (Å²) in [6.45, 7) is 5.32. The van der Waals surface area contributed by atoms with E-state index in [2.05, 4.69) is 17.9 Å². The number of halogens is 1. The Labute approximate surface area is 114 Å². The van der Waals surface area contributed by atoms with Crippen molar-refractivity contribution < 1.29 is 4.74 Å². The molecule has 1 saturated heterocycles. The van der Waals surface area contributed by atoms with Crippen LogP contribution in [0.1, 0.15) is 24.9 Å². The summed E-state index contributed by atoms with van der Waals surface area (Å²) in [5.41, 5.74) is 7.18. The van der Waals surface area contributed by atoms with Crippen molar-refractivity contribution in [3.8, 4) is 0 Å². The van der Waals surface area contributed by atoms with E-state index in [9.17, 15) is 0 Å². The highest BCUT2D eigenvalue weighted by Gasteiger charge is 2.28. The van der Waals surface area contributed by atoms with Crippen molar-refractivity contribution in [3.05, 3.63) is 34.9 Å². The van der Waals surface area contributed by atoms with Crippen LogP contribution in [0.5, 0.6) is 0 Å². The van der Waals surface area contributed by atoms with Crippen LogP contribution in [-0.2, 0) is 4.74 Å². The Balaban J connectivity index is 2.21. The van der Waals surface area contributed by atoms with Gasteiger partial charge in [-0.1, -0.05) is 30.7 Å². The van der Waals surface area contributed by atoms with E-state index in [0.717, 1.165) is 31.2 Å². The van der Waals surface area contributed by atoms with Crippen molar-refractivity contribution in [1.29, 1.82) is 0 Å². The summed E-state index contributed by atoms with van der Waals surface area (Å²) in [6.07, 6.45) is 1.08. The first kappa shape index (κ1) is 13.8. The van der Waals surface area contributed by atoms with Crippen LogP contribution in [0.25, 0.3) is 0 Å². The largest absolute Gasteiger partial charge is 0.378 e. The monoisotopic (exact) mass is 268 g/mol. The molecule has 0 aromatic heterocycles. The van der Waals surface area contributed by atoms with Crippen molar-refractivity contribution in [3.63, 3.8) is 0 Å². The van der Waals surface area contributed by atoms with Crippen LogP contribution in [0, 0.1) is 0 Å². The third-order valence-electron chi connectivity index (χ3n) is 3.60. The fraction of sp³-hybridized carbons (Fsp3) is 0.571. The predicted octanol–water partition coefficient (Wildman–Crippen LogP) is 2.45. The molecule has 18 heavy (non-hydrogen) atoms. The van der Waals surface area contributed by atoms with Crippen molar-refractivity contribution in [2.24, 2.45) is 5.73 Å². The van der Waals surface area contributed by atoms with Gasteiger partial charge < -0.3 is 10.5 Å². The molecule has 0 bridgehead atoms. The van der Waals surface area contributed by atoms with Gasteiger partial charge >= 0.3 is 0 Å². The number of nitrogens with two attached hydrogens (primary N) is 1. The van der Waals surface area contributed by atoms with Gasteiger partial charge in [0.15, 0.2) is 0 Å². The van der Waals surface area contributed by atoms with Gasteiger partial charge in [0.1, 0.15) is 0 Å². The number of nitrogens with zero attached hydrogens (tertiary/aromatic N) is 1. The summed E-state index contributed by atoms with van der Waals surface area (Å²) in [4.78, 5) is 2.45. The zero-order valence-corrected chi connectivity index (χ0v) is 11.6. The fourth-order valence-electron chi connectivity index (χ4n) is 2.61. The summed E-state index contributed by atoms with van der Waals surface area (Å²) in [6, 6.07) is 8.69. The molecule has 0 amide bonds. The maximum atomic E-state index is 6.07. The second-order valence-electron chi connectivity index (χ2n) is 4.68. The highest BCUT2D eigenvalue weighted by molar-refractivity contribution is 6.30. The Morgan fingerprint density at radius 3 is 3.06 bits per heavy atom. The lowest BCUT2D eigenvalue weighted by molar-refractivity contribution is -0.0291. The van der Waals surface area contributed by atoms with Crippen LogP contribution in [0.3, 0.4) is 0 Å². The van der Waals surface area contributed by atoms with Crippen molar-refractivity contribution in [2.75, 3.05) is 26.3 Å². The molecular weight excluding hydrogens is 248 g/mol. The Kier molecular flexibility index (Phi) is 5.01. The number of morpholine rings is 1. The lowest BCUT2D eigenvalue weighted by atomic mass is 10.0. The number of hydrogen-bond acceptors (Lipinski definition) is 3. The Hall–Kier alpha value is -0.610. The molecule has 2 N–H and O–H groups in total. The van der Waals surface area contributed by atoms with Gasteiger partial charge in [-0.25, -0.2) is 0 Å². The lowest BCUT2D eigenvalue weighted by Crippen LogP contribution is -2.48. The Bertz CT molecular complexity index is 386. The molecule has 100 valence electrons. The summed E-state index contributed by atoms with van der Waals surface area (Å²) in [5, 5.41) is 0.771. The van der Waals surface area contributed by atoms with Gasteiger partial charge in [0.2, 0.25) is 0 Å². The molecule has 2 rings (SSSR count). The Morgan fingerprint density at radius 1 is 1.56 bits per heavy atom. The van der Waals surface area contributed by atoms with Gasteiger partial charge in [-0.2, -0.15) is 0 Å². The van der Waals surface area contributed by atoms with E-state index in [0.29, 0.717) is 12.6 Å². The first-order chi connectivity index (χ1) is 8.76. The molecule has 1 aliphatic heterocycles. The quantitative estimate of drug-likeness (QED) is 0.912. The Morgan fingerprint density at radius 2 is 2.39 bits per heavy atom. The van der Waals surface area contributed by atoms with Crippen LogP contribution >= 0.6 is 11.6 Å². The van der Waals surface area contributed by atoms with E-state index in [1.54, 1.807) is 0 Å². The normalized spacial score (nSPS) is 22.9. The molecule has 1 aromatic rings. The number of rotatable bonds is 4. The second kappa shape index (κ2) is 6.53. The van der Waals surface area contributed by atoms with E-state index in [-0.39, 0.29) is 6.04 Å². The first-order valence-electron chi connectivity index (χ1n) is 6.55. The molecule has 0 radical (unpaired) electrons. The third kappa shape index (κ3) is 3.04. The van der Waals surface area contributed by atoms with Crippen LogP contribution < -0.4 is 5.73 Å². The SMILES string of the molecule is CCC1COCCN1C(CN)c1cccc(Cl)c1. The van der Waals surface area contributed by atoms with Crippen LogP contribution in [0.2, 0.25) is 5.02 Å². The summed E-state index contributed by atoms with van der Waals surface area (Å²) in [5.74, 6) is 0. The summed E-state index contributed by atoms with van der Waals surface area (Å²) in [7, 11) is 0. The maximum Gasteiger partial charge on any atom is 0.0622 e. The van der Waals surface area contributed by atoms with Crippen LogP contribution in [-0.4, -0.2) is 37.2 Å². The average molecular weight is 269 g/mol. The van der Waals surface area contributed by atoms with E-state index in [1.165, 1.54) is 5.56 Å². The van der Waals surface area contributed by atoms with Gasteiger partial charge in [-0.15, -0.1) is 0 Å². The molecule has 1 fully saturated rings. The zero-order chi connectivity index (χ0) is 13.0. The zero-order valence-electron chi connectivity index (χ0n) is 10.8. The smallest absolute Gasteiger partial charge is 0.0622 e. The van der Waals surface area contributed by atoms with E-state index in [1.807, 2.05) is 18.2 Å². The van der Waals surface area contributed by atoms with Gasteiger partial charge in [0, 0.05) is 30.2 Å². The van der Waals surface area contributed by atoms with E-state index < -0.39 is 0 Å². The molecule has 1 aromatic carbocycles. The predicted molar refractivity (Wildman–Crippen MR) is 74.9 cm³/mol. The molecule has 0 spiro atoms. The van der Waals surface area contributed by atoms with Crippen LogP contribution in [0.4, 0.5) is 0 Å². The molecule has 3 nitrogen and oxygen atoms in total. The maximum absolute atomic E-state index is 6.07. The first-order valence-corrected chi connectivity index (χ1v) is 6.93. The number of benzene rings is 1. The number of hydrogen-bond donors (Lipinski definition) is 1. The van der Waals surface area contributed by atoms with Gasteiger partial charge in [0.25, 0.3) is 0 Å². The van der Waals surface area contributed by atoms with E-state index in [4.69, 9.17) is 22.1 Å². The average Bonchev–Trinajstić information content (AvgIpc) is 2.40. The highest BCUT2D eigenvalue weighted by Crippen LogP contribution is 2.26. The molecular formula is C14H21ClN2O. The topological polar surface area (TPSA) is 38.5 Å². The van der Waals surface area contributed by atoms with Gasteiger partial charge in [0.05, 0.1) is 13.2 Å². The number of ether oxygens (including phenoxy) is 1. The molecule has 2 atom stereocenters. The highest BCUT2D eigenvalue weighted by atomic mass is 35.5. The van der Waals surface area contributed by atoms with E-state index >= 15 is 0 Å². The summed E-state index contributed by atoms with van der Waals surface area (Å²) >= 11 is 6.07. The minimum Gasteiger partial charge on any atom is -0.378 e. The lowest BCUT2D eigenvalue weighted by Gasteiger charge is -2.40. The van der Waals surface area contributed by atoms with Gasteiger partial charge in [-0.05, 0) is 24.1 Å². The molecule has 4 heteroatoms. The van der Waals surface area contributed by atoms with Crippen molar-refractivity contribution >= 4 is 11.6 Å².